The van der Waals surface area contributed by atoms with Gasteiger partial charge in [0, 0.05) is 19.6 Å². The molecule has 6 nitrogen and oxygen atoms in total. The first-order valence-corrected chi connectivity index (χ1v) is 8.24. The lowest BCUT2D eigenvalue weighted by Gasteiger charge is -2.45. The van der Waals surface area contributed by atoms with Gasteiger partial charge in [0.15, 0.2) is 5.82 Å². The third kappa shape index (κ3) is 2.66. The fraction of sp³-hybridized carbons (Fsp3) is 0.353. The molecule has 1 aromatic heterocycles. The molecule has 7 heteroatoms. The summed E-state index contributed by atoms with van der Waals surface area (Å²) in [5, 5.41) is 9.58. The predicted octanol–water partition coefficient (Wildman–Crippen LogP) is 2.23. The summed E-state index contributed by atoms with van der Waals surface area (Å²) in [5.41, 5.74) is 2.63. The predicted molar refractivity (Wildman–Crippen MR) is 91.2 cm³/mol. The van der Waals surface area contributed by atoms with E-state index in [-0.39, 0.29) is 11.3 Å². The molecule has 122 valence electrons. The van der Waals surface area contributed by atoms with Crippen LogP contribution in [0.25, 0.3) is 0 Å². The highest BCUT2D eigenvalue weighted by molar-refractivity contribution is 6.28. The Kier molecular flexibility index (Phi) is 3.97. The van der Waals surface area contributed by atoms with Gasteiger partial charge in [0.2, 0.25) is 5.28 Å². The normalized spacial score (nSPS) is 19.4. The Morgan fingerprint density at radius 2 is 2.25 bits per heavy atom. The number of morpholine rings is 1. The van der Waals surface area contributed by atoms with Crippen LogP contribution < -0.4 is 9.80 Å². The van der Waals surface area contributed by atoms with Crippen LogP contribution in [0.15, 0.2) is 30.5 Å². The number of fused-ring (bicyclic) bond motifs is 3. The molecule has 2 aromatic rings. The SMILES string of the molecule is N#Cc1ccccc1CN1CC2COCCN2c2nc(Cl)ncc21. The maximum absolute atomic E-state index is 9.33. The molecule has 1 atom stereocenters. The molecule has 3 heterocycles. The Morgan fingerprint density at radius 3 is 3.12 bits per heavy atom. The Hall–Kier alpha value is -2.36. The quantitative estimate of drug-likeness (QED) is 0.780. The summed E-state index contributed by atoms with van der Waals surface area (Å²) < 4.78 is 5.63. The van der Waals surface area contributed by atoms with Crippen LogP contribution in [-0.2, 0) is 11.3 Å². The molecule has 0 aliphatic carbocycles. The van der Waals surface area contributed by atoms with Crippen molar-refractivity contribution in [2.75, 3.05) is 36.1 Å². The topological polar surface area (TPSA) is 65.3 Å². The van der Waals surface area contributed by atoms with Gasteiger partial charge in [-0.2, -0.15) is 10.2 Å². The van der Waals surface area contributed by atoms with Gasteiger partial charge in [-0.15, -0.1) is 0 Å². The number of benzene rings is 1. The van der Waals surface area contributed by atoms with Gasteiger partial charge in [-0.1, -0.05) is 18.2 Å². The molecule has 0 N–H and O–H groups in total. The summed E-state index contributed by atoms with van der Waals surface area (Å²) in [6.07, 6.45) is 1.77. The zero-order valence-electron chi connectivity index (χ0n) is 13.0. The minimum atomic E-state index is 0.228. The summed E-state index contributed by atoms with van der Waals surface area (Å²) in [5.74, 6) is 0.851. The van der Waals surface area contributed by atoms with Crippen molar-refractivity contribution >= 4 is 23.1 Å². The molecule has 4 rings (SSSR count). The van der Waals surface area contributed by atoms with Crippen LogP contribution >= 0.6 is 11.6 Å². The van der Waals surface area contributed by atoms with E-state index in [4.69, 9.17) is 16.3 Å². The summed E-state index contributed by atoms with van der Waals surface area (Å²) in [4.78, 5) is 13.1. The molecule has 2 aliphatic heterocycles. The van der Waals surface area contributed by atoms with Crippen LogP contribution in [0.2, 0.25) is 5.28 Å². The molecule has 1 unspecified atom stereocenters. The van der Waals surface area contributed by atoms with Crippen LogP contribution in [0.1, 0.15) is 11.1 Å². The molecule has 0 bridgehead atoms. The molecule has 0 spiro atoms. The number of halogens is 1. The molecule has 2 aliphatic rings. The Balaban J connectivity index is 1.72. The largest absolute Gasteiger partial charge is 0.377 e. The zero-order valence-corrected chi connectivity index (χ0v) is 13.8. The third-order valence-corrected chi connectivity index (χ3v) is 4.67. The first-order valence-electron chi connectivity index (χ1n) is 7.86. The third-order valence-electron chi connectivity index (χ3n) is 4.49. The Morgan fingerprint density at radius 1 is 1.38 bits per heavy atom. The van der Waals surface area contributed by atoms with Crippen molar-refractivity contribution in [3.8, 4) is 6.07 Å². The minimum absolute atomic E-state index is 0.228. The number of nitriles is 1. The number of anilines is 2. The highest BCUT2D eigenvalue weighted by Crippen LogP contribution is 2.36. The second-order valence-electron chi connectivity index (χ2n) is 5.92. The van der Waals surface area contributed by atoms with Crippen LogP contribution in [-0.4, -0.2) is 42.3 Å². The van der Waals surface area contributed by atoms with Crippen molar-refractivity contribution in [1.29, 1.82) is 5.26 Å². The summed E-state index contributed by atoms with van der Waals surface area (Å²) in [6, 6.07) is 10.1. The number of aromatic nitrogens is 2. The molecule has 0 radical (unpaired) electrons. The van der Waals surface area contributed by atoms with Gasteiger partial charge >= 0.3 is 0 Å². The number of hydrogen-bond donors (Lipinski definition) is 0. The summed E-state index contributed by atoms with van der Waals surface area (Å²) >= 11 is 6.02. The highest BCUT2D eigenvalue weighted by atomic mass is 35.5. The van der Waals surface area contributed by atoms with Crippen molar-refractivity contribution in [2.24, 2.45) is 0 Å². The van der Waals surface area contributed by atoms with E-state index in [0.717, 1.165) is 30.2 Å². The standard InChI is InChI=1S/C17H16ClN5O/c18-17-20-8-15-16(21-17)23-5-6-24-11-14(23)10-22(15)9-13-4-2-1-3-12(13)7-19/h1-4,8,14H,5-6,9-11H2. The molecule has 0 amide bonds. The highest BCUT2D eigenvalue weighted by Gasteiger charge is 2.34. The van der Waals surface area contributed by atoms with Gasteiger partial charge in [-0.05, 0) is 23.2 Å². The average Bonchev–Trinajstić information content (AvgIpc) is 2.62. The van der Waals surface area contributed by atoms with E-state index in [1.807, 2.05) is 24.3 Å². The van der Waals surface area contributed by atoms with Crippen molar-refractivity contribution in [1.82, 2.24) is 9.97 Å². The zero-order chi connectivity index (χ0) is 16.5. The Bertz CT molecular complexity index is 806. The molecule has 1 saturated heterocycles. The van der Waals surface area contributed by atoms with Crippen molar-refractivity contribution in [3.05, 3.63) is 46.9 Å². The van der Waals surface area contributed by atoms with E-state index >= 15 is 0 Å². The number of ether oxygens (including phenoxy) is 1. The number of nitrogens with zero attached hydrogens (tertiary/aromatic N) is 5. The van der Waals surface area contributed by atoms with Gasteiger partial charge in [-0.3, -0.25) is 0 Å². The first kappa shape index (κ1) is 15.2. The monoisotopic (exact) mass is 341 g/mol. The second-order valence-corrected chi connectivity index (χ2v) is 6.26. The fourth-order valence-electron chi connectivity index (χ4n) is 3.34. The van der Waals surface area contributed by atoms with E-state index in [0.29, 0.717) is 25.3 Å². The minimum Gasteiger partial charge on any atom is -0.377 e. The maximum Gasteiger partial charge on any atom is 0.224 e. The number of hydrogen-bond acceptors (Lipinski definition) is 6. The molecular weight excluding hydrogens is 326 g/mol. The lowest BCUT2D eigenvalue weighted by Crippen LogP contribution is -2.55. The second kappa shape index (κ2) is 6.27. The van der Waals surface area contributed by atoms with Gasteiger partial charge in [0.05, 0.1) is 42.8 Å². The fourth-order valence-corrected chi connectivity index (χ4v) is 3.47. The van der Waals surface area contributed by atoms with Crippen LogP contribution in [0.3, 0.4) is 0 Å². The van der Waals surface area contributed by atoms with Gasteiger partial charge in [0.25, 0.3) is 0 Å². The van der Waals surface area contributed by atoms with E-state index in [2.05, 4.69) is 25.8 Å². The molecule has 24 heavy (non-hydrogen) atoms. The molecular formula is C17H16ClN5O. The average molecular weight is 342 g/mol. The van der Waals surface area contributed by atoms with Crippen molar-refractivity contribution < 1.29 is 4.74 Å². The van der Waals surface area contributed by atoms with Gasteiger partial charge in [0.1, 0.15) is 0 Å². The van der Waals surface area contributed by atoms with Gasteiger partial charge in [-0.25, -0.2) is 4.98 Å². The van der Waals surface area contributed by atoms with Crippen LogP contribution in [0.5, 0.6) is 0 Å². The number of rotatable bonds is 2. The molecule has 1 aromatic carbocycles. The van der Waals surface area contributed by atoms with Crippen molar-refractivity contribution in [3.63, 3.8) is 0 Å². The lowest BCUT2D eigenvalue weighted by molar-refractivity contribution is 0.0936. The van der Waals surface area contributed by atoms with E-state index < -0.39 is 0 Å². The van der Waals surface area contributed by atoms with Gasteiger partial charge < -0.3 is 14.5 Å². The summed E-state index contributed by atoms with van der Waals surface area (Å²) in [6.45, 7) is 3.59. The van der Waals surface area contributed by atoms with Crippen LogP contribution in [0, 0.1) is 11.3 Å². The van der Waals surface area contributed by atoms with Crippen LogP contribution in [0.4, 0.5) is 11.5 Å². The molecule has 1 fully saturated rings. The van der Waals surface area contributed by atoms with E-state index in [1.54, 1.807) is 6.20 Å². The smallest absolute Gasteiger partial charge is 0.224 e. The molecule has 0 saturated carbocycles. The summed E-state index contributed by atoms with van der Waals surface area (Å²) in [7, 11) is 0. The maximum atomic E-state index is 9.33. The van der Waals surface area contributed by atoms with Crippen molar-refractivity contribution in [2.45, 2.75) is 12.6 Å². The lowest BCUT2D eigenvalue weighted by atomic mass is 10.1. The van der Waals surface area contributed by atoms with E-state index in [1.165, 1.54) is 0 Å². The first-order chi connectivity index (χ1) is 11.8. The van der Waals surface area contributed by atoms with E-state index in [9.17, 15) is 5.26 Å². The Labute approximate surface area is 145 Å².